The second-order valence-corrected chi connectivity index (χ2v) is 6.85. The Hall–Kier alpha value is -1.30. The van der Waals surface area contributed by atoms with Gasteiger partial charge in [-0.15, -0.1) is 0 Å². The Labute approximate surface area is 133 Å². The molecule has 1 amide bonds. The van der Waals surface area contributed by atoms with E-state index in [2.05, 4.69) is 0 Å². The van der Waals surface area contributed by atoms with Crippen molar-refractivity contribution in [1.29, 1.82) is 0 Å². The Bertz CT molecular complexity index is 502. The van der Waals surface area contributed by atoms with Crippen LogP contribution < -0.4 is 0 Å². The molecular weight excluding hydrogens is 281 g/mol. The molecule has 1 fully saturated rings. The van der Waals surface area contributed by atoms with Crippen molar-refractivity contribution < 1.29 is 19.4 Å². The Morgan fingerprint density at radius 2 is 2.14 bits per heavy atom. The summed E-state index contributed by atoms with van der Waals surface area (Å²) in [5.41, 5.74) is 0.349. The monoisotopic (exact) mass is 305 g/mol. The van der Waals surface area contributed by atoms with E-state index in [-0.39, 0.29) is 18.1 Å². The first-order valence-electron chi connectivity index (χ1n) is 7.84. The smallest absolute Gasteiger partial charge is 0.307 e. The van der Waals surface area contributed by atoms with E-state index < -0.39 is 23.4 Å². The summed E-state index contributed by atoms with van der Waals surface area (Å²) in [5, 5.41) is 9.38. The zero-order valence-electron chi connectivity index (χ0n) is 13.7. The molecule has 1 aliphatic heterocycles. The first-order chi connectivity index (χ1) is 10.2. The quantitative estimate of drug-likeness (QED) is 0.640. The lowest BCUT2D eigenvalue weighted by molar-refractivity contribution is -0.143. The van der Waals surface area contributed by atoms with Crippen molar-refractivity contribution in [2.24, 2.45) is 11.8 Å². The number of rotatable bonds is 4. The van der Waals surface area contributed by atoms with Gasteiger partial charge < -0.3 is 14.7 Å². The molecule has 1 aliphatic carbocycles. The third kappa shape index (κ3) is 3.07. The number of nitrogens with zero attached hydrogens (tertiary/aromatic N) is 1. The number of amides is 1. The number of aliphatic carboxylic acids is 1. The molecule has 0 aromatic rings. The Kier molecular flexibility index (Phi) is 4.71. The molecule has 1 heterocycles. The van der Waals surface area contributed by atoms with Gasteiger partial charge in [0.2, 0.25) is 7.85 Å². The summed E-state index contributed by atoms with van der Waals surface area (Å²) < 4.78 is 6.05. The fraction of sp³-hybridized carbons (Fsp3) is 0.750. The van der Waals surface area contributed by atoms with E-state index in [0.717, 1.165) is 12.0 Å². The molecule has 2 aliphatic rings. The normalized spacial score (nSPS) is 33.8. The van der Waals surface area contributed by atoms with Gasteiger partial charge in [-0.25, -0.2) is 0 Å². The molecule has 120 valence electrons. The molecule has 22 heavy (non-hydrogen) atoms. The van der Waals surface area contributed by atoms with Crippen molar-refractivity contribution in [3.8, 4) is 0 Å². The average molecular weight is 305 g/mol. The summed E-state index contributed by atoms with van der Waals surface area (Å²) in [6.07, 6.45) is 3.76. The van der Waals surface area contributed by atoms with E-state index in [1.807, 2.05) is 33.8 Å². The Balaban J connectivity index is 2.18. The number of allylic oxidation sites excluding steroid dienone is 2. The van der Waals surface area contributed by atoms with E-state index in [1.54, 1.807) is 4.90 Å². The number of carbonyl (C=O) groups is 2. The average Bonchev–Trinajstić information content (AvgIpc) is 2.86. The van der Waals surface area contributed by atoms with Gasteiger partial charge in [0.15, 0.2) is 5.81 Å². The number of carboxylic acid groups (broad SMARTS) is 1. The third-order valence-corrected chi connectivity index (χ3v) is 4.82. The number of carboxylic acids is 1. The van der Waals surface area contributed by atoms with Gasteiger partial charge in [-0.3, -0.25) is 9.59 Å². The lowest BCUT2D eigenvalue weighted by atomic mass is 9.87. The zero-order chi connectivity index (χ0) is 16.7. The fourth-order valence-electron chi connectivity index (χ4n) is 3.97. The molecule has 4 unspecified atom stereocenters. The van der Waals surface area contributed by atoms with Crippen molar-refractivity contribution in [3.63, 3.8) is 0 Å². The topological polar surface area (TPSA) is 66.8 Å². The van der Waals surface area contributed by atoms with Crippen molar-refractivity contribution in [3.05, 3.63) is 11.6 Å². The summed E-state index contributed by atoms with van der Waals surface area (Å²) in [5.74, 6) is -1.71. The lowest BCUT2D eigenvalue weighted by Crippen LogP contribution is -2.47. The summed E-state index contributed by atoms with van der Waals surface area (Å²) in [6, 6.07) is -0.115. The van der Waals surface area contributed by atoms with Crippen LogP contribution >= 0.6 is 0 Å². The summed E-state index contributed by atoms with van der Waals surface area (Å²) in [7, 11) is 5.51. The van der Waals surface area contributed by atoms with Crippen molar-refractivity contribution in [2.75, 3.05) is 0 Å². The molecule has 1 saturated heterocycles. The standard InChI is InChI=1S/C16H24BNO4/c1-5-12-13(22-16(3,4)18(12)15(17)21)8-10-6-9(2)7-11(10)14(19)20/h6,10-13H,5,7-8H2,1-4H3,(H,19,20). The third-order valence-electron chi connectivity index (χ3n) is 4.82. The highest BCUT2D eigenvalue weighted by molar-refractivity contribution is 6.57. The van der Waals surface area contributed by atoms with Gasteiger partial charge in [-0.2, -0.15) is 0 Å². The second kappa shape index (κ2) is 6.07. The van der Waals surface area contributed by atoms with Crippen LogP contribution in [0, 0.1) is 11.8 Å². The van der Waals surface area contributed by atoms with Crippen LogP contribution in [0.3, 0.4) is 0 Å². The first kappa shape index (κ1) is 17.1. The molecule has 5 nitrogen and oxygen atoms in total. The van der Waals surface area contributed by atoms with E-state index in [1.165, 1.54) is 0 Å². The van der Waals surface area contributed by atoms with Crippen LogP contribution in [-0.2, 0) is 9.53 Å². The largest absolute Gasteiger partial charge is 0.481 e. The van der Waals surface area contributed by atoms with E-state index in [4.69, 9.17) is 12.6 Å². The summed E-state index contributed by atoms with van der Waals surface area (Å²) in [4.78, 5) is 24.8. The number of hydrogen-bond donors (Lipinski definition) is 1. The van der Waals surface area contributed by atoms with E-state index in [9.17, 15) is 14.7 Å². The highest BCUT2D eigenvalue weighted by Gasteiger charge is 2.48. The molecule has 0 bridgehead atoms. The van der Waals surface area contributed by atoms with Crippen molar-refractivity contribution in [1.82, 2.24) is 4.90 Å². The molecule has 2 radical (unpaired) electrons. The van der Waals surface area contributed by atoms with Gasteiger partial charge >= 0.3 is 5.97 Å². The number of hydrogen-bond acceptors (Lipinski definition) is 3. The molecule has 4 atom stereocenters. The fourth-order valence-corrected chi connectivity index (χ4v) is 3.97. The molecule has 6 heteroatoms. The highest BCUT2D eigenvalue weighted by Crippen LogP contribution is 2.41. The molecule has 2 rings (SSSR count). The number of ether oxygens (including phenoxy) is 1. The minimum atomic E-state index is -0.768. The minimum Gasteiger partial charge on any atom is -0.481 e. The van der Waals surface area contributed by atoms with Gasteiger partial charge in [0, 0.05) is 0 Å². The van der Waals surface area contributed by atoms with Gasteiger partial charge in [-0.1, -0.05) is 18.6 Å². The van der Waals surface area contributed by atoms with Gasteiger partial charge in [-0.05, 0) is 46.0 Å². The number of carbonyl (C=O) groups excluding carboxylic acids is 1. The zero-order valence-corrected chi connectivity index (χ0v) is 13.7. The maximum absolute atomic E-state index is 11.8. The molecule has 0 spiro atoms. The summed E-state index contributed by atoms with van der Waals surface area (Å²) in [6.45, 7) is 7.60. The molecule has 0 saturated carbocycles. The lowest BCUT2D eigenvalue weighted by Gasteiger charge is -2.33. The SMILES string of the molecule is [B]C(=O)N1C(CC)C(CC2C=C(C)CC2C(=O)O)OC1(C)C. The van der Waals surface area contributed by atoms with Crippen LogP contribution in [0.25, 0.3) is 0 Å². The maximum Gasteiger partial charge on any atom is 0.307 e. The van der Waals surface area contributed by atoms with Gasteiger partial charge in [0.05, 0.1) is 18.1 Å². The second-order valence-electron chi connectivity index (χ2n) is 6.85. The minimum absolute atomic E-state index is 0.0554. The van der Waals surface area contributed by atoms with Crippen LogP contribution in [0.5, 0.6) is 0 Å². The molecular formula is C16H24BNO4. The van der Waals surface area contributed by atoms with Crippen LogP contribution in [0.4, 0.5) is 4.79 Å². The molecule has 0 aromatic carbocycles. The molecule has 1 N–H and O–H groups in total. The highest BCUT2D eigenvalue weighted by atomic mass is 16.5. The van der Waals surface area contributed by atoms with Gasteiger partial charge in [0.25, 0.3) is 0 Å². The van der Waals surface area contributed by atoms with Crippen LogP contribution in [-0.4, -0.2) is 47.5 Å². The summed E-state index contributed by atoms with van der Waals surface area (Å²) >= 11 is 0. The first-order valence-corrected chi connectivity index (χ1v) is 7.84. The van der Waals surface area contributed by atoms with Gasteiger partial charge in [0.1, 0.15) is 5.72 Å². The van der Waals surface area contributed by atoms with E-state index in [0.29, 0.717) is 12.8 Å². The van der Waals surface area contributed by atoms with Crippen LogP contribution in [0.2, 0.25) is 0 Å². The Morgan fingerprint density at radius 3 is 2.64 bits per heavy atom. The van der Waals surface area contributed by atoms with Crippen molar-refractivity contribution >= 4 is 19.6 Å². The predicted molar refractivity (Wildman–Crippen MR) is 83.6 cm³/mol. The van der Waals surface area contributed by atoms with E-state index >= 15 is 0 Å². The van der Waals surface area contributed by atoms with Crippen LogP contribution in [0.15, 0.2) is 11.6 Å². The van der Waals surface area contributed by atoms with Crippen molar-refractivity contribution in [2.45, 2.75) is 64.8 Å². The maximum atomic E-state index is 11.8. The molecule has 0 aromatic heterocycles. The Morgan fingerprint density at radius 1 is 1.50 bits per heavy atom. The predicted octanol–water partition coefficient (Wildman–Crippen LogP) is 2.55. The van der Waals surface area contributed by atoms with Crippen LogP contribution in [0.1, 0.15) is 47.0 Å².